The smallest absolute Gasteiger partial charge is 0.352 e. The molecule has 0 unspecified atom stereocenters. The van der Waals surface area contributed by atoms with E-state index in [1.54, 1.807) is 0 Å². The predicted molar refractivity (Wildman–Crippen MR) is 121 cm³/mol. The number of halogens is 1. The second-order valence-corrected chi connectivity index (χ2v) is 10.1. The Balaban J connectivity index is 1.81. The van der Waals surface area contributed by atoms with Gasteiger partial charge in [0.25, 0.3) is 11.8 Å². The fourth-order valence-corrected chi connectivity index (χ4v) is 5.66. The first-order valence-electron chi connectivity index (χ1n) is 9.19. The van der Waals surface area contributed by atoms with E-state index in [4.69, 9.17) is 15.6 Å². The second kappa shape index (κ2) is 10.4. The van der Waals surface area contributed by atoms with Crippen LogP contribution in [0.3, 0.4) is 0 Å². The summed E-state index contributed by atoms with van der Waals surface area (Å²) in [7, 11) is 0. The third kappa shape index (κ3) is 5.31. The monoisotopic (exact) mass is 577 g/mol. The summed E-state index contributed by atoms with van der Waals surface area (Å²) in [5, 5.41) is 23.7. The summed E-state index contributed by atoms with van der Waals surface area (Å²) >= 11 is 5.34. The zero-order chi connectivity index (χ0) is 25.2. The molecule has 0 bridgehead atoms. The molecule has 1 aromatic heterocycles. The van der Waals surface area contributed by atoms with E-state index >= 15 is 0 Å². The van der Waals surface area contributed by atoms with E-state index in [9.17, 15) is 29.1 Å². The number of esters is 1. The molecule has 1 saturated heterocycles. The molecular formula is C17H16BrN5O9S2. The van der Waals surface area contributed by atoms with Crippen LogP contribution in [-0.2, 0) is 33.5 Å². The molecule has 17 heteroatoms. The van der Waals surface area contributed by atoms with Gasteiger partial charge in [-0.25, -0.2) is 14.6 Å². The highest BCUT2D eigenvalue weighted by atomic mass is 79.9. The van der Waals surface area contributed by atoms with Crippen molar-refractivity contribution in [3.05, 3.63) is 20.8 Å². The molecule has 2 amide bonds. The van der Waals surface area contributed by atoms with Gasteiger partial charge in [-0.2, -0.15) is 0 Å². The first kappa shape index (κ1) is 25.4. The molecule has 2 aliphatic heterocycles. The first-order chi connectivity index (χ1) is 16.0. The molecule has 34 heavy (non-hydrogen) atoms. The van der Waals surface area contributed by atoms with Crippen molar-refractivity contribution in [2.45, 2.75) is 18.3 Å². The number of anilines is 1. The van der Waals surface area contributed by atoms with Gasteiger partial charge in [-0.1, -0.05) is 16.5 Å². The first-order valence-corrected chi connectivity index (χ1v) is 11.8. The number of ether oxygens (including phenoxy) is 1. The van der Waals surface area contributed by atoms with Gasteiger partial charge < -0.3 is 30.8 Å². The number of nitrogen functional groups attached to an aromatic ring is 1. The number of thiazole rings is 1. The average molecular weight is 578 g/mol. The van der Waals surface area contributed by atoms with Crippen LogP contribution in [0.4, 0.5) is 5.13 Å². The Kier molecular flexibility index (Phi) is 7.78. The number of nitrogens with two attached hydrogens (primary N) is 1. The topological polar surface area (TPSA) is 211 Å². The van der Waals surface area contributed by atoms with Crippen molar-refractivity contribution >= 4 is 79.6 Å². The van der Waals surface area contributed by atoms with Crippen LogP contribution in [-0.4, -0.2) is 85.9 Å². The van der Waals surface area contributed by atoms with Crippen LogP contribution in [0.1, 0.15) is 12.6 Å². The molecule has 1 fully saturated rings. The number of rotatable bonds is 9. The lowest BCUT2D eigenvalue weighted by Crippen LogP contribution is -2.71. The number of carboxylic acid groups (broad SMARTS) is 2. The highest BCUT2D eigenvalue weighted by Gasteiger charge is 2.54. The predicted octanol–water partition coefficient (Wildman–Crippen LogP) is -0.405. The number of thioether (sulfide) groups is 1. The summed E-state index contributed by atoms with van der Waals surface area (Å²) < 4.78 is 5.19. The molecule has 3 rings (SSSR count). The molecular weight excluding hydrogens is 562 g/mol. The highest BCUT2D eigenvalue weighted by molar-refractivity contribution is 9.11. The number of hydrogen-bond donors (Lipinski definition) is 4. The maximum atomic E-state index is 12.9. The van der Waals surface area contributed by atoms with E-state index in [2.05, 4.69) is 36.2 Å². The molecule has 0 saturated carbocycles. The van der Waals surface area contributed by atoms with Gasteiger partial charge in [0.15, 0.2) is 10.8 Å². The van der Waals surface area contributed by atoms with Crippen LogP contribution in [0, 0.1) is 0 Å². The molecule has 5 N–H and O–H groups in total. The lowest BCUT2D eigenvalue weighted by Gasteiger charge is -2.49. The minimum absolute atomic E-state index is 0.0277. The molecule has 0 radical (unpaired) electrons. The third-order valence-electron chi connectivity index (χ3n) is 4.37. The number of aliphatic carboxylic acids is 2. The summed E-state index contributed by atoms with van der Waals surface area (Å²) in [4.78, 5) is 68.9. The van der Waals surface area contributed by atoms with Crippen LogP contribution in [0.25, 0.3) is 0 Å². The van der Waals surface area contributed by atoms with E-state index in [0.29, 0.717) is 3.79 Å². The van der Waals surface area contributed by atoms with Crippen LogP contribution in [0.2, 0.25) is 0 Å². The van der Waals surface area contributed by atoms with Crippen molar-refractivity contribution in [2.24, 2.45) is 5.16 Å². The zero-order valence-electron chi connectivity index (χ0n) is 17.1. The molecule has 1 aromatic rings. The maximum Gasteiger partial charge on any atom is 0.352 e. The number of nitrogens with zero attached hydrogens (tertiary/aromatic N) is 3. The Labute approximate surface area is 207 Å². The number of carbonyl (C=O) groups is 5. The minimum atomic E-state index is -1.38. The van der Waals surface area contributed by atoms with Gasteiger partial charge in [-0.3, -0.25) is 19.3 Å². The Morgan fingerprint density at radius 2 is 2.06 bits per heavy atom. The van der Waals surface area contributed by atoms with Crippen LogP contribution < -0.4 is 11.1 Å². The normalized spacial score (nSPS) is 19.8. The third-order valence-corrected chi connectivity index (χ3v) is 7.25. The molecule has 0 aromatic carbocycles. The Bertz CT molecular complexity index is 1130. The van der Waals surface area contributed by atoms with Gasteiger partial charge in [-0.15, -0.1) is 11.8 Å². The van der Waals surface area contributed by atoms with Gasteiger partial charge in [0.1, 0.15) is 33.2 Å². The van der Waals surface area contributed by atoms with E-state index < -0.39 is 53.5 Å². The Hall–Kier alpha value is -3.18. The quantitative estimate of drug-likeness (QED) is 0.128. The van der Waals surface area contributed by atoms with E-state index in [-0.39, 0.29) is 34.5 Å². The number of hydrogen-bond acceptors (Lipinski definition) is 12. The number of β-lactam (4-membered cyclic amide) rings is 1. The van der Waals surface area contributed by atoms with Gasteiger partial charge >= 0.3 is 17.9 Å². The number of aromatic nitrogens is 1. The zero-order valence-corrected chi connectivity index (χ0v) is 20.4. The Morgan fingerprint density at radius 3 is 2.62 bits per heavy atom. The summed E-state index contributed by atoms with van der Waals surface area (Å²) in [6, 6.07) is -1.11. The van der Waals surface area contributed by atoms with Crippen molar-refractivity contribution in [3.63, 3.8) is 0 Å². The SMILES string of the molecule is CC(=O)OCC1=C(C(=O)O)N2C(=O)[C@@H](NC(=O)C(=NOCC(=O)O)c3nc(N)sc3Br)[C@H]2SC1. The average Bonchev–Trinajstić information content (AvgIpc) is 3.09. The van der Waals surface area contributed by atoms with Gasteiger partial charge in [0.05, 0.1) is 0 Å². The summed E-state index contributed by atoms with van der Waals surface area (Å²) in [6.45, 7) is 0.0583. The summed E-state index contributed by atoms with van der Waals surface area (Å²) in [5.41, 5.74) is 5.11. The molecule has 3 heterocycles. The second-order valence-electron chi connectivity index (χ2n) is 6.68. The summed E-state index contributed by atoms with van der Waals surface area (Å²) in [5.74, 6) is -4.78. The van der Waals surface area contributed by atoms with Gasteiger partial charge in [-0.05, 0) is 15.9 Å². The molecule has 2 atom stereocenters. The minimum Gasteiger partial charge on any atom is -0.479 e. The number of fused-ring (bicyclic) bond motifs is 1. The standard InChI is InChI=1S/C17H16BrN5O9S2/c1-5(24)31-2-6-4-33-15-10(14(28)23(15)11(6)16(29)30)20-13(27)9(22-32-3-7(25)26)8-12(18)34-17(19)21-8/h10,15H,2-4H2,1H3,(H2,19,21)(H,20,27)(H,25,26)(H,29,30)/t10-,15-/m1/s1. The van der Waals surface area contributed by atoms with Crippen molar-refractivity contribution in [1.82, 2.24) is 15.2 Å². The van der Waals surface area contributed by atoms with Gasteiger partial charge in [0, 0.05) is 18.2 Å². The summed E-state index contributed by atoms with van der Waals surface area (Å²) in [6.07, 6.45) is 0. The maximum absolute atomic E-state index is 12.9. The van der Waals surface area contributed by atoms with Crippen LogP contribution in [0.5, 0.6) is 0 Å². The fourth-order valence-electron chi connectivity index (χ4n) is 3.00. The van der Waals surface area contributed by atoms with Crippen molar-refractivity contribution < 1.29 is 43.8 Å². The number of nitrogens with one attached hydrogen (secondary N) is 1. The van der Waals surface area contributed by atoms with Crippen molar-refractivity contribution in [1.29, 1.82) is 0 Å². The van der Waals surface area contributed by atoms with E-state index in [1.165, 1.54) is 18.7 Å². The Morgan fingerprint density at radius 1 is 1.35 bits per heavy atom. The largest absolute Gasteiger partial charge is 0.479 e. The van der Waals surface area contributed by atoms with Crippen molar-refractivity contribution in [3.8, 4) is 0 Å². The molecule has 0 aliphatic carbocycles. The molecule has 182 valence electrons. The molecule has 2 aliphatic rings. The number of amides is 2. The van der Waals surface area contributed by atoms with E-state index in [1.807, 2.05) is 0 Å². The highest BCUT2D eigenvalue weighted by Crippen LogP contribution is 2.40. The van der Waals surface area contributed by atoms with E-state index in [0.717, 1.165) is 16.2 Å². The number of carboxylic acids is 2. The fraction of sp³-hybridized carbons (Fsp3) is 0.353. The lowest BCUT2D eigenvalue weighted by atomic mass is 10.0. The number of carbonyl (C=O) groups excluding carboxylic acids is 3. The van der Waals surface area contributed by atoms with Gasteiger partial charge in [0.2, 0.25) is 6.61 Å². The molecule has 0 spiro atoms. The van der Waals surface area contributed by atoms with Crippen LogP contribution >= 0.6 is 39.0 Å². The van der Waals surface area contributed by atoms with Crippen molar-refractivity contribution in [2.75, 3.05) is 24.7 Å². The molecule has 14 nitrogen and oxygen atoms in total. The lowest BCUT2D eigenvalue weighted by molar-refractivity contribution is -0.150. The number of oxime groups is 1. The van der Waals surface area contributed by atoms with Crippen LogP contribution in [0.15, 0.2) is 20.2 Å².